The second kappa shape index (κ2) is 6.01. The summed E-state index contributed by atoms with van der Waals surface area (Å²) in [5.41, 5.74) is 5.70. The van der Waals surface area contributed by atoms with Gasteiger partial charge in [0, 0.05) is 17.7 Å². The first kappa shape index (κ1) is 13.6. The summed E-state index contributed by atoms with van der Waals surface area (Å²) in [5.74, 6) is 0. The van der Waals surface area contributed by atoms with Crippen molar-refractivity contribution in [2.24, 2.45) is 4.99 Å². The van der Waals surface area contributed by atoms with Crippen LogP contribution in [0.1, 0.15) is 11.3 Å². The second-order valence-electron chi connectivity index (χ2n) is 5.38. The summed E-state index contributed by atoms with van der Waals surface area (Å²) >= 11 is 0. The lowest BCUT2D eigenvalue weighted by Gasteiger charge is -2.10. The molecule has 0 spiro atoms. The van der Waals surface area contributed by atoms with E-state index in [0.717, 1.165) is 47.0 Å². The lowest BCUT2D eigenvalue weighted by molar-refractivity contribution is 1.02. The molecule has 1 N–H and O–H groups in total. The van der Waals surface area contributed by atoms with Gasteiger partial charge in [-0.25, -0.2) is 0 Å². The highest BCUT2D eigenvalue weighted by Gasteiger charge is 2.17. The molecule has 0 saturated carbocycles. The van der Waals surface area contributed by atoms with E-state index < -0.39 is 0 Å². The Hall–Kier alpha value is -3.01. The molecular weight excluding hydrogens is 284 g/mol. The van der Waals surface area contributed by atoms with Crippen LogP contribution < -0.4 is 5.32 Å². The normalized spacial score (nSPS) is 13.5. The zero-order valence-electron chi connectivity index (χ0n) is 12.6. The summed E-state index contributed by atoms with van der Waals surface area (Å²) in [6.45, 7) is 1.52. The van der Waals surface area contributed by atoms with E-state index in [-0.39, 0.29) is 0 Å². The molecule has 1 aliphatic rings. The van der Waals surface area contributed by atoms with Crippen molar-refractivity contribution in [3.05, 3.63) is 78.0 Å². The smallest absolute Gasteiger partial charge is 0.135 e. The van der Waals surface area contributed by atoms with Crippen LogP contribution in [0.2, 0.25) is 0 Å². The van der Waals surface area contributed by atoms with Crippen LogP contribution in [0, 0.1) is 0 Å². The van der Waals surface area contributed by atoms with Crippen LogP contribution in [0.15, 0.2) is 71.7 Å². The van der Waals surface area contributed by atoms with Gasteiger partial charge in [-0.2, -0.15) is 0 Å². The van der Waals surface area contributed by atoms with Gasteiger partial charge in [-0.3, -0.25) is 4.99 Å². The fourth-order valence-electron chi connectivity index (χ4n) is 2.71. The van der Waals surface area contributed by atoms with Crippen LogP contribution in [0.3, 0.4) is 0 Å². The van der Waals surface area contributed by atoms with Gasteiger partial charge in [-0.15, -0.1) is 10.2 Å². The summed E-state index contributed by atoms with van der Waals surface area (Å²) < 4.78 is 0. The molecule has 1 aliphatic heterocycles. The molecule has 0 saturated heterocycles. The van der Waals surface area contributed by atoms with Crippen LogP contribution in [0.4, 0.5) is 5.69 Å². The Labute approximate surface area is 134 Å². The molecule has 4 nitrogen and oxygen atoms in total. The molecule has 23 heavy (non-hydrogen) atoms. The maximum atomic E-state index is 4.69. The van der Waals surface area contributed by atoms with Gasteiger partial charge < -0.3 is 5.32 Å². The van der Waals surface area contributed by atoms with Crippen LogP contribution >= 0.6 is 0 Å². The van der Waals surface area contributed by atoms with E-state index in [0.29, 0.717) is 0 Å². The first-order valence-electron chi connectivity index (χ1n) is 7.69. The fraction of sp³-hybridized carbons (Fsp3) is 0.105. The molecule has 0 unspecified atom stereocenters. The lowest BCUT2D eigenvalue weighted by Crippen LogP contribution is -2.10. The van der Waals surface area contributed by atoms with Crippen molar-refractivity contribution in [2.45, 2.75) is 0 Å². The van der Waals surface area contributed by atoms with E-state index >= 15 is 0 Å². The summed E-state index contributed by atoms with van der Waals surface area (Å²) in [6, 6.07) is 22.3. The van der Waals surface area contributed by atoms with E-state index in [1.807, 2.05) is 48.5 Å². The molecule has 0 bridgehead atoms. The minimum Gasteiger partial charge on any atom is -0.381 e. The van der Waals surface area contributed by atoms with Crippen molar-refractivity contribution < 1.29 is 0 Å². The van der Waals surface area contributed by atoms with Gasteiger partial charge in [0.15, 0.2) is 0 Å². The molecule has 0 atom stereocenters. The van der Waals surface area contributed by atoms with E-state index in [4.69, 9.17) is 0 Å². The van der Waals surface area contributed by atoms with Crippen molar-refractivity contribution in [3.63, 3.8) is 0 Å². The predicted molar refractivity (Wildman–Crippen MR) is 92.9 cm³/mol. The maximum absolute atomic E-state index is 4.69. The number of anilines is 1. The fourth-order valence-corrected chi connectivity index (χ4v) is 2.71. The zero-order valence-corrected chi connectivity index (χ0v) is 12.6. The number of aliphatic imine (C=N–C) groups is 1. The minimum absolute atomic E-state index is 0.723. The highest BCUT2D eigenvalue weighted by molar-refractivity contribution is 6.15. The highest BCUT2D eigenvalue weighted by Crippen LogP contribution is 2.25. The third-order valence-corrected chi connectivity index (χ3v) is 3.83. The first-order chi connectivity index (χ1) is 11.4. The van der Waals surface area contributed by atoms with Gasteiger partial charge in [0.2, 0.25) is 0 Å². The monoisotopic (exact) mass is 300 g/mol. The van der Waals surface area contributed by atoms with Crippen LogP contribution in [-0.2, 0) is 0 Å². The van der Waals surface area contributed by atoms with Gasteiger partial charge >= 0.3 is 0 Å². The Morgan fingerprint density at radius 3 is 2.22 bits per heavy atom. The lowest BCUT2D eigenvalue weighted by atomic mass is 10.0. The Kier molecular flexibility index (Phi) is 3.56. The van der Waals surface area contributed by atoms with Crippen molar-refractivity contribution in [2.75, 3.05) is 18.4 Å². The SMILES string of the molecule is c1ccc(C2=NCCNc3cc(-c4ccccc4)nnc32)cc1. The predicted octanol–water partition coefficient (Wildman–Crippen LogP) is 3.41. The molecule has 4 rings (SSSR count). The number of rotatable bonds is 2. The molecule has 0 amide bonds. The van der Waals surface area contributed by atoms with E-state index in [1.165, 1.54) is 0 Å². The van der Waals surface area contributed by atoms with E-state index in [2.05, 4.69) is 38.7 Å². The van der Waals surface area contributed by atoms with Crippen molar-refractivity contribution in [3.8, 4) is 11.3 Å². The van der Waals surface area contributed by atoms with Gasteiger partial charge in [0.1, 0.15) is 5.69 Å². The molecule has 4 heteroatoms. The van der Waals surface area contributed by atoms with Gasteiger partial charge in [-0.05, 0) is 6.07 Å². The number of benzene rings is 2. The number of hydrogen-bond donors (Lipinski definition) is 1. The molecule has 0 aliphatic carbocycles. The van der Waals surface area contributed by atoms with E-state index in [1.54, 1.807) is 0 Å². The second-order valence-corrected chi connectivity index (χ2v) is 5.38. The van der Waals surface area contributed by atoms with Crippen molar-refractivity contribution in [1.29, 1.82) is 0 Å². The van der Waals surface area contributed by atoms with Crippen LogP contribution in [-0.4, -0.2) is 29.0 Å². The Bertz CT molecular complexity index is 842. The number of nitrogens with one attached hydrogen (secondary N) is 1. The highest BCUT2D eigenvalue weighted by atomic mass is 15.1. The molecular formula is C19H16N4. The standard InChI is InChI=1S/C19H16N4/c1-3-7-14(8-4-1)16-13-17-19(23-22-16)18(21-12-11-20-17)15-9-5-2-6-10-15/h1-10,13,20H,11-12H2. The van der Waals surface area contributed by atoms with Gasteiger partial charge in [0.05, 0.1) is 23.6 Å². The topological polar surface area (TPSA) is 50.2 Å². The molecule has 2 aromatic carbocycles. The van der Waals surface area contributed by atoms with Crippen LogP contribution in [0.25, 0.3) is 11.3 Å². The van der Waals surface area contributed by atoms with Crippen LogP contribution in [0.5, 0.6) is 0 Å². The summed E-state index contributed by atoms with van der Waals surface area (Å²) in [6.07, 6.45) is 0. The largest absolute Gasteiger partial charge is 0.381 e. The Morgan fingerprint density at radius 1 is 0.783 bits per heavy atom. The minimum atomic E-state index is 0.723. The number of aromatic nitrogens is 2. The molecule has 3 aromatic rings. The first-order valence-corrected chi connectivity index (χ1v) is 7.69. The number of hydrogen-bond acceptors (Lipinski definition) is 4. The third-order valence-electron chi connectivity index (χ3n) is 3.83. The molecule has 0 radical (unpaired) electrons. The number of nitrogens with zero attached hydrogens (tertiary/aromatic N) is 3. The zero-order chi connectivity index (χ0) is 15.5. The molecule has 1 aromatic heterocycles. The average molecular weight is 300 g/mol. The van der Waals surface area contributed by atoms with E-state index in [9.17, 15) is 0 Å². The van der Waals surface area contributed by atoms with Crippen molar-refractivity contribution >= 4 is 11.4 Å². The molecule has 0 fully saturated rings. The van der Waals surface area contributed by atoms with Gasteiger partial charge in [-0.1, -0.05) is 60.7 Å². The Balaban J connectivity index is 1.80. The number of fused-ring (bicyclic) bond motifs is 1. The summed E-state index contributed by atoms with van der Waals surface area (Å²) in [4.78, 5) is 4.69. The third kappa shape index (κ3) is 2.71. The Morgan fingerprint density at radius 2 is 1.48 bits per heavy atom. The average Bonchev–Trinajstić information content (AvgIpc) is 2.85. The molecule has 112 valence electrons. The van der Waals surface area contributed by atoms with Gasteiger partial charge in [0.25, 0.3) is 0 Å². The quantitative estimate of drug-likeness (QED) is 0.789. The van der Waals surface area contributed by atoms with Crippen molar-refractivity contribution in [1.82, 2.24) is 10.2 Å². The summed E-state index contributed by atoms with van der Waals surface area (Å²) in [5, 5.41) is 12.3. The maximum Gasteiger partial charge on any atom is 0.135 e. The molecule has 2 heterocycles. The summed E-state index contributed by atoms with van der Waals surface area (Å²) in [7, 11) is 0.